The first-order valence-corrected chi connectivity index (χ1v) is 9.20. The molecule has 1 atom stereocenters. The number of benzene rings is 2. The monoisotopic (exact) mass is 361 g/mol. The highest BCUT2D eigenvalue weighted by Crippen LogP contribution is 2.16. The van der Waals surface area contributed by atoms with E-state index in [0.717, 1.165) is 25.3 Å². The highest BCUT2D eigenvalue weighted by molar-refractivity contribution is 6.30. The van der Waals surface area contributed by atoms with Crippen LogP contribution >= 0.6 is 11.6 Å². The number of rotatable bonds is 9. The van der Waals surface area contributed by atoms with Crippen LogP contribution in [0.3, 0.4) is 0 Å². The molecule has 4 heteroatoms. The van der Waals surface area contributed by atoms with Gasteiger partial charge in [0.25, 0.3) is 0 Å². The van der Waals surface area contributed by atoms with Crippen LogP contribution in [0.15, 0.2) is 42.5 Å². The van der Waals surface area contributed by atoms with Crippen molar-refractivity contribution in [3.8, 4) is 5.75 Å². The maximum atomic E-state index is 10.4. The number of aliphatic hydroxyl groups excluding tert-OH is 1. The molecule has 0 unspecified atom stereocenters. The van der Waals surface area contributed by atoms with Crippen molar-refractivity contribution in [3.63, 3.8) is 0 Å². The molecule has 0 aliphatic rings. The van der Waals surface area contributed by atoms with Gasteiger partial charge in [-0.25, -0.2) is 0 Å². The SMILES string of the molecule is CCCN(Cc1ccc(C)cc1C)C[C@H](O)COc1ccc(Cl)cc1. The lowest BCUT2D eigenvalue weighted by Crippen LogP contribution is -2.36. The number of aliphatic hydroxyl groups is 1. The van der Waals surface area contributed by atoms with Crippen molar-refractivity contribution in [1.82, 2.24) is 4.90 Å². The van der Waals surface area contributed by atoms with Crippen molar-refractivity contribution < 1.29 is 9.84 Å². The Bertz CT molecular complexity index is 657. The number of aryl methyl sites for hydroxylation is 2. The van der Waals surface area contributed by atoms with Gasteiger partial charge in [0.15, 0.2) is 0 Å². The summed E-state index contributed by atoms with van der Waals surface area (Å²) in [4.78, 5) is 2.29. The molecule has 2 aromatic carbocycles. The number of nitrogens with zero attached hydrogens (tertiary/aromatic N) is 1. The van der Waals surface area contributed by atoms with Gasteiger partial charge in [-0.05, 0) is 62.2 Å². The third-order valence-electron chi connectivity index (χ3n) is 4.16. The first-order chi connectivity index (χ1) is 12.0. The lowest BCUT2D eigenvalue weighted by molar-refractivity contribution is 0.0655. The molecule has 0 radical (unpaired) electrons. The lowest BCUT2D eigenvalue weighted by Gasteiger charge is -2.25. The zero-order chi connectivity index (χ0) is 18.2. The summed E-state index contributed by atoms with van der Waals surface area (Å²) in [7, 11) is 0. The van der Waals surface area contributed by atoms with Gasteiger partial charge in [-0.15, -0.1) is 0 Å². The minimum absolute atomic E-state index is 0.273. The Morgan fingerprint density at radius 2 is 1.84 bits per heavy atom. The van der Waals surface area contributed by atoms with Crippen molar-refractivity contribution in [3.05, 3.63) is 64.2 Å². The summed E-state index contributed by atoms with van der Waals surface area (Å²) in [5.41, 5.74) is 3.89. The third kappa shape index (κ3) is 6.69. The molecule has 0 saturated carbocycles. The molecule has 0 aliphatic heterocycles. The van der Waals surface area contributed by atoms with E-state index >= 15 is 0 Å². The minimum Gasteiger partial charge on any atom is -0.491 e. The number of hydrogen-bond acceptors (Lipinski definition) is 3. The van der Waals surface area contributed by atoms with Gasteiger partial charge in [0.2, 0.25) is 0 Å². The van der Waals surface area contributed by atoms with Crippen LogP contribution in [0.25, 0.3) is 0 Å². The summed E-state index contributed by atoms with van der Waals surface area (Å²) < 4.78 is 5.66. The van der Waals surface area contributed by atoms with E-state index in [1.165, 1.54) is 16.7 Å². The first kappa shape index (κ1) is 19.8. The molecule has 0 aliphatic carbocycles. The van der Waals surface area contributed by atoms with Crippen LogP contribution in [0.2, 0.25) is 5.02 Å². The molecule has 0 heterocycles. The van der Waals surface area contributed by atoms with E-state index in [9.17, 15) is 5.11 Å². The predicted octanol–water partition coefficient (Wildman–Crippen LogP) is 4.61. The zero-order valence-corrected chi connectivity index (χ0v) is 16.1. The molecule has 3 nitrogen and oxygen atoms in total. The largest absolute Gasteiger partial charge is 0.491 e. The topological polar surface area (TPSA) is 32.7 Å². The molecular formula is C21H28ClNO2. The molecule has 0 bridgehead atoms. The molecular weight excluding hydrogens is 334 g/mol. The fourth-order valence-corrected chi connectivity index (χ4v) is 3.02. The van der Waals surface area contributed by atoms with Gasteiger partial charge in [-0.1, -0.05) is 42.3 Å². The van der Waals surface area contributed by atoms with Gasteiger partial charge in [-0.2, -0.15) is 0 Å². The number of ether oxygens (including phenoxy) is 1. The van der Waals surface area contributed by atoms with Gasteiger partial charge in [0, 0.05) is 18.1 Å². The molecule has 2 aromatic rings. The maximum Gasteiger partial charge on any atom is 0.119 e. The standard InChI is InChI=1S/C21H28ClNO2/c1-4-11-23(13-18-6-5-16(2)12-17(18)3)14-20(24)15-25-21-9-7-19(22)8-10-21/h5-10,12,20,24H,4,11,13-15H2,1-3H3/t20-/m0/s1. The summed E-state index contributed by atoms with van der Waals surface area (Å²) >= 11 is 5.87. The van der Waals surface area contributed by atoms with Gasteiger partial charge in [0.05, 0.1) is 0 Å². The second-order valence-corrected chi connectivity index (χ2v) is 7.02. The molecule has 1 N–H and O–H groups in total. The van der Waals surface area contributed by atoms with E-state index in [1.807, 2.05) is 12.1 Å². The average molecular weight is 362 g/mol. The number of halogens is 1. The third-order valence-corrected chi connectivity index (χ3v) is 4.41. The average Bonchev–Trinajstić information content (AvgIpc) is 2.57. The second kappa shape index (κ2) is 9.81. The summed E-state index contributed by atoms with van der Waals surface area (Å²) in [5.74, 6) is 0.722. The summed E-state index contributed by atoms with van der Waals surface area (Å²) in [6.07, 6.45) is 0.517. The quantitative estimate of drug-likeness (QED) is 0.708. The highest BCUT2D eigenvalue weighted by Gasteiger charge is 2.13. The van der Waals surface area contributed by atoms with Crippen LogP contribution in [0.1, 0.15) is 30.0 Å². The Morgan fingerprint density at radius 3 is 2.48 bits per heavy atom. The summed E-state index contributed by atoms with van der Waals surface area (Å²) in [5, 5.41) is 11.0. The molecule has 25 heavy (non-hydrogen) atoms. The molecule has 2 rings (SSSR count). The first-order valence-electron chi connectivity index (χ1n) is 8.83. The van der Waals surface area contributed by atoms with Crippen LogP contribution < -0.4 is 4.74 Å². The van der Waals surface area contributed by atoms with Gasteiger partial charge < -0.3 is 9.84 Å². The van der Waals surface area contributed by atoms with Crippen molar-refractivity contribution >= 4 is 11.6 Å². The van der Waals surface area contributed by atoms with E-state index in [2.05, 4.69) is 43.9 Å². The molecule has 0 fully saturated rings. The Kier molecular flexibility index (Phi) is 7.76. The Morgan fingerprint density at radius 1 is 1.12 bits per heavy atom. The second-order valence-electron chi connectivity index (χ2n) is 6.58. The van der Waals surface area contributed by atoms with E-state index in [0.29, 0.717) is 11.6 Å². The van der Waals surface area contributed by atoms with Crippen LogP contribution in [-0.2, 0) is 6.54 Å². The molecule has 0 amide bonds. The van der Waals surface area contributed by atoms with Crippen LogP contribution in [0, 0.1) is 13.8 Å². The molecule has 0 spiro atoms. The van der Waals surface area contributed by atoms with E-state index in [4.69, 9.17) is 16.3 Å². The molecule has 0 saturated heterocycles. The van der Waals surface area contributed by atoms with Crippen LogP contribution in [-0.4, -0.2) is 35.8 Å². The van der Waals surface area contributed by atoms with Crippen molar-refractivity contribution in [2.24, 2.45) is 0 Å². The van der Waals surface area contributed by atoms with Crippen molar-refractivity contribution in [2.45, 2.75) is 39.8 Å². The van der Waals surface area contributed by atoms with Crippen molar-refractivity contribution in [2.75, 3.05) is 19.7 Å². The lowest BCUT2D eigenvalue weighted by atomic mass is 10.1. The van der Waals surface area contributed by atoms with Gasteiger partial charge in [0.1, 0.15) is 18.5 Å². The predicted molar refractivity (Wildman–Crippen MR) is 104 cm³/mol. The maximum absolute atomic E-state index is 10.4. The summed E-state index contributed by atoms with van der Waals surface area (Å²) in [6.45, 7) is 9.07. The molecule has 0 aromatic heterocycles. The fraction of sp³-hybridized carbons (Fsp3) is 0.429. The van der Waals surface area contributed by atoms with E-state index in [1.54, 1.807) is 12.1 Å². The normalized spacial score (nSPS) is 12.4. The van der Waals surface area contributed by atoms with Gasteiger partial charge in [-0.3, -0.25) is 4.90 Å². The Balaban J connectivity index is 1.89. The zero-order valence-electron chi connectivity index (χ0n) is 15.3. The van der Waals surface area contributed by atoms with E-state index < -0.39 is 6.10 Å². The smallest absolute Gasteiger partial charge is 0.119 e. The highest BCUT2D eigenvalue weighted by atomic mass is 35.5. The van der Waals surface area contributed by atoms with Gasteiger partial charge >= 0.3 is 0 Å². The fourth-order valence-electron chi connectivity index (χ4n) is 2.89. The Hall–Kier alpha value is -1.55. The Labute approximate surface area is 156 Å². The van der Waals surface area contributed by atoms with Crippen LogP contribution in [0.4, 0.5) is 0 Å². The van der Waals surface area contributed by atoms with E-state index in [-0.39, 0.29) is 6.61 Å². The number of hydrogen-bond donors (Lipinski definition) is 1. The summed E-state index contributed by atoms with van der Waals surface area (Å²) in [6, 6.07) is 13.7. The molecule has 136 valence electrons. The van der Waals surface area contributed by atoms with Crippen LogP contribution in [0.5, 0.6) is 5.75 Å². The van der Waals surface area contributed by atoms with Crippen molar-refractivity contribution in [1.29, 1.82) is 0 Å². The minimum atomic E-state index is -0.534.